The lowest BCUT2D eigenvalue weighted by Crippen LogP contribution is -2.14. The first-order chi connectivity index (χ1) is 9.92. The summed E-state index contributed by atoms with van der Waals surface area (Å²) in [5.74, 6) is -1.31. The van der Waals surface area contributed by atoms with Crippen LogP contribution in [-0.2, 0) is 13.5 Å². The van der Waals surface area contributed by atoms with Crippen LogP contribution in [0.3, 0.4) is 0 Å². The molecule has 0 aliphatic rings. The van der Waals surface area contributed by atoms with Crippen LogP contribution in [0.1, 0.15) is 38.9 Å². The summed E-state index contributed by atoms with van der Waals surface area (Å²) >= 11 is 0. The molecule has 0 atom stereocenters. The predicted molar refractivity (Wildman–Crippen MR) is 78.7 cm³/mol. The molecule has 6 heteroatoms. The van der Waals surface area contributed by atoms with Crippen LogP contribution in [0.4, 0.5) is 5.69 Å². The van der Waals surface area contributed by atoms with Gasteiger partial charge in [-0.3, -0.25) is 9.48 Å². The van der Waals surface area contributed by atoms with Crippen molar-refractivity contribution in [2.75, 3.05) is 5.32 Å². The molecule has 2 aromatic rings. The van der Waals surface area contributed by atoms with Crippen molar-refractivity contribution in [2.45, 2.75) is 20.3 Å². The maximum absolute atomic E-state index is 12.3. The summed E-state index contributed by atoms with van der Waals surface area (Å²) in [5.41, 5.74) is 2.48. The van der Waals surface area contributed by atoms with Crippen molar-refractivity contribution in [3.63, 3.8) is 0 Å². The zero-order valence-electron chi connectivity index (χ0n) is 12.2. The lowest BCUT2D eigenvalue weighted by molar-refractivity contribution is 0.0695. The van der Waals surface area contributed by atoms with Gasteiger partial charge in [0.1, 0.15) is 0 Å². The fourth-order valence-corrected chi connectivity index (χ4v) is 2.11. The summed E-state index contributed by atoms with van der Waals surface area (Å²) in [4.78, 5) is 23.4. The van der Waals surface area contributed by atoms with E-state index in [2.05, 4.69) is 10.4 Å². The van der Waals surface area contributed by atoms with E-state index in [4.69, 9.17) is 5.11 Å². The number of carboxylic acids is 1. The molecule has 0 radical (unpaired) electrons. The molecule has 0 unspecified atom stereocenters. The maximum atomic E-state index is 12.3. The zero-order chi connectivity index (χ0) is 15.6. The molecular formula is C15H17N3O3. The molecular weight excluding hydrogens is 270 g/mol. The van der Waals surface area contributed by atoms with E-state index in [9.17, 15) is 9.59 Å². The number of hydrogen-bond acceptors (Lipinski definition) is 3. The number of nitrogens with one attached hydrogen (secondary N) is 1. The highest BCUT2D eigenvalue weighted by Gasteiger charge is 2.15. The third-order valence-electron chi connectivity index (χ3n) is 3.21. The Morgan fingerprint density at radius 2 is 2.05 bits per heavy atom. The maximum Gasteiger partial charge on any atom is 0.336 e. The smallest absolute Gasteiger partial charge is 0.336 e. The second kappa shape index (κ2) is 5.78. The summed E-state index contributed by atoms with van der Waals surface area (Å²) in [6.07, 6.45) is 2.30. The molecule has 110 valence electrons. The van der Waals surface area contributed by atoms with Crippen molar-refractivity contribution in [2.24, 2.45) is 7.05 Å². The molecule has 0 saturated carbocycles. The average molecular weight is 287 g/mol. The number of aromatic carboxylic acids is 1. The van der Waals surface area contributed by atoms with E-state index in [0.717, 1.165) is 0 Å². The van der Waals surface area contributed by atoms with Gasteiger partial charge in [-0.05, 0) is 31.0 Å². The number of nitrogens with zero attached hydrogens (tertiary/aromatic N) is 2. The number of hydrogen-bond donors (Lipinski definition) is 2. The lowest BCUT2D eigenvalue weighted by atomic mass is 10.1. The standard InChI is InChI=1S/C15H17N3O3/c1-4-13-12(8-18(3)17-13)14(19)16-10-6-5-9(2)11(7-10)15(20)21/h5-8H,4H2,1-3H3,(H,16,19)(H,20,21). The molecule has 0 aliphatic carbocycles. The summed E-state index contributed by atoms with van der Waals surface area (Å²) in [6.45, 7) is 3.64. The second-order valence-electron chi connectivity index (χ2n) is 4.81. The average Bonchev–Trinajstić information content (AvgIpc) is 2.82. The predicted octanol–water partition coefficient (Wildman–Crippen LogP) is 2.24. The van der Waals surface area contributed by atoms with Gasteiger partial charge in [-0.1, -0.05) is 13.0 Å². The topological polar surface area (TPSA) is 84.2 Å². The first-order valence-electron chi connectivity index (χ1n) is 6.60. The summed E-state index contributed by atoms with van der Waals surface area (Å²) in [6, 6.07) is 4.81. The Kier molecular flexibility index (Phi) is 4.07. The van der Waals surface area contributed by atoms with Crippen LogP contribution in [-0.4, -0.2) is 26.8 Å². The summed E-state index contributed by atoms with van der Waals surface area (Å²) < 4.78 is 1.59. The number of carboxylic acid groups (broad SMARTS) is 1. The number of carbonyl (C=O) groups excluding carboxylic acids is 1. The Labute approximate surface area is 122 Å². The molecule has 2 N–H and O–H groups in total. The van der Waals surface area contributed by atoms with Gasteiger partial charge in [0.05, 0.1) is 16.8 Å². The largest absolute Gasteiger partial charge is 0.478 e. The summed E-state index contributed by atoms with van der Waals surface area (Å²) in [7, 11) is 1.75. The minimum atomic E-state index is -1.01. The highest BCUT2D eigenvalue weighted by atomic mass is 16.4. The van der Waals surface area contributed by atoms with Crippen LogP contribution >= 0.6 is 0 Å². The molecule has 2 rings (SSSR count). The molecule has 1 heterocycles. The van der Waals surface area contributed by atoms with Gasteiger partial charge in [0.25, 0.3) is 5.91 Å². The van der Waals surface area contributed by atoms with Gasteiger partial charge in [-0.2, -0.15) is 5.10 Å². The molecule has 0 fully saturated rings. The molecule has 0 saturated heterocycles. The van der Waals surface area contributed by atoms with E-state index < -0.39 is 5.97 Å². The Morgan fingerprint density at radius 3 is 2.67 bits per heavy atom. The Morgan fingerprint density at radius 1 is 1.33 bits per heavy atom. The highest BCUT2D eigenvalue weighted by Crippen LogP contribution is 2.17. The quantitative estimate of drug-likeness (QED) is 0.903. The van der Waals surface area contributed by atoms with E-state index in [-0.39, 0.29) is 11.5 Å². The van der Waals surface area contributed by atoms with Gasteiger partial charge < -0.3 is 10.4 Å². The first kappa shape index (κ1) is 14.8. The van der Waals surface area contributed by atoms with Gasteiger partial charge in [0.2, 0.25) is 0 Å². The molecule has 6 nitrogen and oxygen atoms in total. The third-order valence-corrected chi connectivity index (χ3v) is 3.21. The van der Waals surface area contributed by atoms with Gasteiger partial charge in [0, 0.05) is 18.9 Å². The van der Waals surface area contributed by atoms with Crippen molar-refractivity contribution in [1.29, 1.82) is 0 Å². The fourth-order valence-electron chi connectivity index (χ4n) is 2.11. The van der Waals surface area contributed by atoms with Gasteiger partial charge >= 0.3 is 5.97 Å². The van der Waals surface area contributed by atoms with Crippen LogP contribution < -0.4 is 5.32 Å². The molecule has 0 aliphatic heterocycles. The normalized spacial score (nSPS) is 10.4. The van der Waals surface area contributed by atoms with Crippen LogP contribution in [0.25, 0.3) is 0 Å². The minimum Gasteiger partial charge on any atom is -0.478 e. The van der Waals surface area contributed by atoms with Gasteiger partial charge in [-0.15, -0.1) is 0 Å². The third kappa shape index (κ3) is 3.10. The number of aryl methyl sites for hydroxylation is 3. The molecule has 21 heavy (non-hydrogen) atoms. The molecule has 0 bridgehead atoms. The monoisotopic (exact) mass is 287 g/mol. The van der Waals surface area contributed by atoms with Crippen molar-refractivity contribution in [3.05, 3.63) is 46.8 Å². The van der Waals surface area contributed by atoms with E-state index in [1.54, 1.807) is 37.0 Å². The number of benzene rings is 1. The van der Waals surface area contributed by atoms with Gasteiger partial charge in [0.15, 0.2) is 0 Å². The van der Waals surface area contributed by atoms with E-state index >= 15 is 0 Å². The van der Waals surface area contributed by atoms with Crippen LogP contribution in [0, 0.1) is 6.92 Å². The van der Waals surface area contributed by atoms with Crippen molar-refractivity contribution in [1.82, 2.24) is 9.78 Å². The fraction of sp³-hybridized carbons (Fsp3) is 0.267. The lowest BCUT2D eigenvalue weighted by Gasteiger charge is -2.07. The number of anilines is 1. The Hall–Kier alpha value is -2.63. The second-order valence-corrected chi connectivity index (χ2v) is 4.81. The number of carbonyl (C=O) groups is 2. The number of amides is 1. The number of aromatic nitrogens is 2. The van der Waals surface area contributed by atoms with E-state index in [1.807, 2.05) is 6.92 Å². The Bertz CT molecular complexity index is 704. The molecule has 1 amide bonds. The van der Waals surface area contributed by atoms with Crippen molar-refractivity contribution in [3.8, 4) is 0 Å². The first-order valence-corrected chi connectivity index (χ1v) is 6.60. The zero-order valence-corrected chi connectivity index (χ0v) is 12.2. The minimum absolute atomic E-state index is 0.176. The molecule has 1 aromatic carbocycles. The van der Waals surface area contributed by atoms with Crippen LogP contribution in [0.5, 0.6) is 0 Å². The van der Waals surface area contributed by atoms with E-state index in [0.29, 0.717) is 28.9 Å². The Balaban J connectivity index is 2.27. The summed E-state index contributed by atoms with van der Waals surface area (Å²) in [5, 5.41) is 16.0. The van der Waals surface area contributed by atoms with E-state index in [1.165, 1.54) is 6.07 Å². The number of rotatable bonds is 4. The van der Waals surface area contributed by atoms with Crippen LogP contribution in [0.15, 0.2) is 24.4 Å². The molecule has 1 aromatic heterocycles. The van der Waals surface area contributed by atoms with Crippen molar-refractivity contribution >= 4 is 17.6 Å². The van der Waals surface area contributed by atoms with Crippen molar-refractivity contribution < 1.29 is 14.7 Å². The molecule has 0 spiro atoms. The highest BCUT2D eigenvalue weighted by molar-refractivity contribution is 6.05. The van der Waals surface area contributed by atoms with Gasteiger partial charge in [-0.25, -0.2) is 4.79 Å². The SMILES string of the molecule is CCc1nn(C)cc1C(=O)Nc1ccc(C)c(C(=O)O)c1. The van der Waals surface area contributed by atoms with Crippen LogP contribution in [0.2, 0.25) is 0 Å².